The zero-order valence-corrected chi connectivity index (χ0v) is 11.3. The largest absolute Gasteiger partial charge is 0.495 e. The van der Waals surface area contributed by atoms with Gasteiger partial charge in [0.2, 0.25) is 0 Å². The quantitative estimate of drug-likeness (QED) is 0.852. The fourth-order valence-corrected chi connectivity index (χ4v) is 3.59. The molecule has 5 heteroatoms. The summed E-state index contributed by atoms with van der Waals surface area (Å²) in [6, 6.07) is 3.87. The van der Waals surface area contributed by atoms with Crippen molar-refractivity contribution in [3.8, 4) is 5.75 Å². The van der Waals surface area contributed by atoms with Crippen molar-refractivity contribution in [3.63, 3.8) is 0 Å². The van der Waals surface area contributed by atoms with Gasteiger partial charge in [0.15, 0.2) is 5.65 Å². The molecule has 0 spiro atoms. The van der Waals surface area contributed by atoms with E-state index in [9.17, 15) is 0 Å². The van der Waals surface area contributed by atoms with E-state index in [2.05, 4.69) is 26.4 Å². The Balaban J connectivity index is 1.86. The molecule has 1 fully saturated rings. The number of rotatable bonds is 3. The van der Waals surface area contributed by atoms with E-state index in [4.69, 9.17) is 4.74 Å². The number of aromatic nitrogens is 3. The average molecular weight is 263 g/mol. The molecule has 1 aliphatic rings. The van der Waals surface area contributed by atoms with Crippen LogP contribution in [0, 0.1) is 5.92 Å². The first-order valence-corrected chi connectivity index (χ1v) is 7.47. The molecule has 0 amide bonds. The first-order valence-electron chi connectivity index (χ1n) is 6.32. The number of methoxy groups -OCH3 is 1. The summed E-state index contributed by atoms with van der Waals surface area (Å²) < 4.78 is 7.31. The van der Waals surface area contributed by atoms with Crippen molar-refractivity contribution < 1.29 is 4.74 Å². The van der Waals surface area contributed by atoms with Crippen molar-refractivity contribution in [2.24, 2.45) is 5.92 Å². The Morgan fingerprint density at radius 1 is 1.33 bits per heavy atom. The molecule has 3 heterocycles. The molecule has 0 bridgehead atoms. The van der Waals surface area contributed by atoms with Crippen LogP contribution in [0.25, 0.3) is 5.65 Å². The monoisotopic (exact) mass is 263 g/mol. The first-order chi connectivity index (χ1) is 8.86. The van der Waals surface area contributed by atoms with E-state index in [0.29, 0.717) is 0 Å². The van der Waals surface area contributed by atoms with Crippen molar-refractivity contribution in [2.75, 3.05) is 18.6 Å². The third-order valence-corrected chi connectivity index (χ3v) is 4.54. The minimum absolute atomic E-state index is 0.754. The molecule has 18 heavy (non-hydrogen) atoms. The highest BCUT2D eigenvalue weighted by Crippen LogP contribution is 2.25. The fourth-order valence-electron chi connectivity index (χ4n) is 2.39. The van der Waals surface area contributed by atoms with Crippen LogP contribution in [0.5, 0.6) is 5.75 Å². The van der Waals surface area contributed by atoms with Crippen LogP contribution in [-0.4, -0.2) is 33.2 Å². The van der Waals surface area contributed by atoms with Gasteiger partial charge < -0.3 is 4.74 Å². The topological polar surface area (TPSA) is 39.4 Å². The van der Waals surface area contributed by atoms with Crippen LogP contribution in [-0.2, 0) is 6.42 Å². The number of fused-ring (bicyclic) bond motifs is 1. The van der Waals surface area contributed by atoms with Gasteiger partial charge in [-0.15, -0.1) is 10.2 Å². The molecule has 2 aromatic rings. The Hall–Kier alpha value is -1.23. The van der Waals surface area contributed by atoms with E-state index in [0.717, 1.165) is 29.6 Å². The van der Waals surface area contributed by atoms with Gasteiger partial charge in [-0.3, -0.25) is 4.40 Å². The van der Waals surface area contributed by atoms with Gasteiger partial charge in [-0.1, -0.05) is 0 Å². The second-order valence-corrected chi connectivity index (χ2v) is 5.90. The van der Waals surface area contributed by atoms with E-state index >= 15 is 0 Å². The van der Waals surface area contributed by atoms with Crippen LogP contribution in [0.2, 0.25) is 0 Å². The van der Waals surface area contributed by atoms with Gasteiger partial charge in [0.1, 0.15) is 11.6 Å². The van der Waals surface area contributed by atoms with E-state index in [1.54, 1.807) is 7.11 Å². The van der Waals surface area contributed by atoms with Crippen LogP contribution in [0.4, 0.5) is 0 Å². The molecular formula is C13H17N3OS. The molecule has 4 nitrogen and oxygen atoms in total. The highest BCUT2D eigenvalue weighted by atomic mass is 32.2. The second kappa shape index (κ2) is 5.18. The van der Waals surface area contributed by atoms with Gasteiger partial charge in [0, 0.05) is 6.42 Å². The van der Waals surface area contributed by atoms with Crippen molar-refractivity contribution in [1.29, 1.82) is 0 Å². The molecule has 1 aliphatic heterocycles. The fraction of sp³-hybridized carbons (Fsp3) is 0.538. The van der Waals surface area contributed by atoms with Crippen LogP contribution in [0.15, 0.2) is 18.3 Å². The summed E-state index contributed by atoms with van der Waals surface area (Å²) in [7, 11) is 1.68. The summed E-state index contributed by atoms with van der Waals surface area (Å²) in [4.78, 5) is 0. The molecule has 0 N–H and O–H groups in total. The first kappa shape index (κ1) is 11.8. The van der Waals surface area contributed by atoms with Gasteiger partial charge in [0.05, 0.1) is 13.3 Å². The number of nitrogens with zero attached hydrogens (tertiary/aromatic N) is 3. The summed E-state index contributed by atoms with van der Waals surface area (Å²) in [6.07, 6.45) is 5.59. The predicted molar refractivity (Wildman–Crippen MR) is 73.3 cm³/mol. The van der Waals surface area contributed by atoms with Crippen molar-refractivity contribution in [2.45, 2.75) is 19.3 Å². The van der Waals surface area contributed by atoms with Crippen molar-refractivity contribution in [3.05, 3.63) is 24.2 Å². The van der Waals surface area contributed by atoms with Gasteiger partial charge >= 0.3 is 0 Å². The van der Waals surface area contributed by atoms with Crippen LogP contribution in [0.3, 0.4) is 0 Å². The summed E-state index contributed by atoms with van der Waals surface area (Å²) >= 11 is 2.06. The average Bonchev–Trinajstić information content (AvgIpc) is 2.82. The molecule has 0 saturated carbocycles. The van der Waals surface area contributed by atoms with Gasteiger partial charge in [-0.25, -0.2) is 0 Å². The Morgan fingerprint density at radius 2 is 2.17 bits per heavy atom. The van der Waals surface area contributed by atoms with Crippen LogP contribution < -0.4 is 4.74 Å². The Bertz CT molecular complexity index is 534. The molecule has 2 aromatic heterocycles. The normalized spacial score (nSPS) is 17.2. The molecule has 0 atom stereocenters. The lowest BCUT2D eigenvalue weighted by atomic mass is 9.98. The predicted octanol–water partition coefficient (Wildman–Crippen LogP) is 2.42. The summed E-state index contributed by atoms with van der Waals surface area (Å²) in [5, 5.41) is 8.53. The van der Waals surface area contributed by atoms with E-state index in [-0.39, 0.29) is 0 Å². The maximum absolute atomic E-state index is 5.26. The molecule has 0 aliphatic carbocycles. The summed E-state index contributed by atoms with van der Waals surface area (Å²) in [5.41, 5.74) is 0.899. The molecule has 1 saturated heterocycles. The maximum Gasteiger partial charge on any atom is 0.161 e. The van der Waals surface area contributed by atoms with E-state index < -0.39 is 0 Å². The van der Waals surface area contributed by atoms with Crippen LogP contribution in [0.1, 0.15) is 18.7 Å². The zero-order chi connectivity index (χ0) is 12.4. The smallest absolute Gasteiger partial charge is 0.161 e. The number of thioether (sulfide) groups is 1. The highest BCUT2D eigenvalue weighted by Gasteiger charge is 2.17. The molecule has 3 rings (SSSR count). The van der Waals surface area contributed by atoms with Crippen LogP contribution >= 0.6 is 11.8 Å². The number of hydrogen-bond donors (Lipinski definition) is 0. The van der Waals surface area contributed by atoms with Crippen molar-refractivity contribution in [1.82, 2.24) is 14.6 Å². The lowest BCUT2D eigenvalue weighted by Gasteiger charge is -2.20. The highest BCUT2D eigenvalue weighted by molar-refractivity contribution is 7.99. The number of pyridine rings is 1. The zero-order valence-electron chi connectivity index (χ0n) is 10.5. The summed E-state index contributed by atoms with van der Waals surface area (Å²) in [6.45, 7) is 0. The lowest BCUT2D eigenvalue weighted by Crippen LogP contribution is -2.14. The Labute approximate surface area is 111 Å². The van der Waals surface area contributed by atoms with E-state index in [1.165, 1.54) is 24.3 Å². The minimum atomic E-state index is 0.754. The van der Waals surface area contributed by atoms with Gasteiger partial charge in [-0.05, 0) is 42.4 Å². The Morgan fingerprint density at radius 3 is 2.94 bits per heavy atom. The second-order valence-electron chi connectivity index (χ2n) is 4.67. The molecule has 0 unspecified atom stereocenters. The minimum Gasteiger partial charge on any atom is -0.495 e. The number of ether oxygens (including phenoxy) is 1. The van der Waals surface area contributed by atoms with Gasteiger partial charge in [-0.2, -0.15) is 11.8 Å². The lowest BCUT2D eigenvalue weighted by molar-refractivity contribution is 0.411. The Kier molecular flexibility index (Phi) is 3.41. The summed E-state index contributed by atoms with van der Waals surface area (Å²) in [5.74, 6) is 5.23. The third-order valence-electron chi connectivity index (χ3n) is 3.49. The molecule has 0 radical (unpaired) electrons. The molecule has 0 aromatic carbocycles. The van der Waals surface area contributed by atoms with E-state index in [1.807, 2.05) is 18.3 Å². The maximum atomic E-state index is 5.26. The molecule has 96 valence electrons. The third kappa shape index (κ3) is 2.32. The van der Waals surface area contributed by atoms with Gasteiger partial charge in [0.25, 0.3) is 0 Å². The van der Waals surface area contributed by atoms with Crippen molar-refractivity contribution >= 4 is 17.4 Å². The molecular weight excluding hydrogens is 246 g/mol. The SMILES string of the molecule is COc1ccc2nnc(CC3CCSCC3)n2c1. The standard InChI is InChI=1S/C13H17N3OS/c1-17-11-2-3-12-14-15-13(16(12)9-11)8-10-4-6-18-7-5-10/h2-3,9-10H,4-8H2,1H3. The number of hydrogen-bond acceptors (Lipinski definition) is 4.